The Kier molecular flexibility index (Phi) is 8.83. The minimum absolute atomic E-state index is 0.239. The van der Waals surface area contributed by atoms with E-state index in [0.717, 1.165) is 34.2 Å². The maximum Gasteiger partial charge on any atom is 0.338 e. The van der Waals surface area contributed by atoms with Crippen molar-refractivity contribution in [2.24, 2.45) is 5.92 Å². The predicted octanol–water partition coefficient (Wildman–Crippen LogP) is 6.92. The van der Waals surface area contributed by atoms with E-state index in [4.69, 9.17) is 4.74 Å². The topological polar surface area (TPSA) is 63.7 Å². The molecule has 4 rings (SSSR count). The first-order valence-corrected chi connectivity index (χ1v) is 14.6. The third-order valence-electron chi connectivity index (χ3n) is 7.45. The SMILES string of the molecule is COC(=O)c1ccc(CN(CCC2CCCCC2)S(=O)(=O)c2ccc(C)cc2)cc1-c1ccccc1C. The van der Waals surface area contributed by atoms with Crippen LogP contribution in [0.5, 0.6) is 0 Å². The lowest BCUT2D eigenvalue weighted by Crippen LogP contribution is -2.33. The standard InChI is InChI=1S/C31H37NO4S/c1-23-13-16-27(17-14-23)37(34,35)32(20-19-25-10-5-4-6-11-25)22-26-15-18-29(31(33)36-3)30(21-26)28-12-8-7-9-24(28)2/h7-9,12-18,21,25H,4-6,10-11,19-20,22H2,1-3H3. The van der Waals surface area contributed by atoms with E-state index in [1.165, 1.54) is 39.2 Å². The number of carbonyl (C=O) groups excluding carboxylic acids is 1. The molecule has 0 spiro atoms. The summed E-state index contributed by atoms with van der Waals surface area (Å²) in [6, 6.07) is 20.5. The van der Waals surface area contributed by atoms with Crippen molar-refractivity contribution in [3.63, 3.8) is 0 Å². The molecule has 37 heavy (non-hydrogen) atoms. The number of hydrogen-bond acceptors (Lipinski definition) is 4. The van der Waals surface area contributed by atoms with Crippen molar-refractivity contribution in [1.82, 2.24) is 4.31 Å². The van der Waals surface area contributed by atoms with Gasteiger partial charge in [0.2, 0.25) is 10.0 Å². The average molecular weight is 520 g/mol. The number of methoxy groups -OCH3 is 1. The number of aryl methyl sites for hydroxylation is 2. The van der Waals surface area contributed by atoms with Crippen LogP contribution >= 0.6 is 0 Å². The first kappa shape index (κ1) is 27.1. The largest absolute Gasteiger partial charge is 0.465 e. The normalized spacial score (nSPS) is 14.6. The predicted molar refractivity (Wildman–Crippen MR) is 148 cm³/mol. The Balaban J connectivity index is 1.70. The summed E-state index contributed by atoms with van der Waals surface area (Å²) in [4.78, 5) is 12.9. The Hall–Kier alpha value is -2.96. The van der Waals surface area contributed by atoms with E-state index < -0.39 is 16.0 Å². The fourth-order valence-electron chi connectivity index (χ4n) is 5.23. The smallest absolute Gasteiger partial charge is 0.338 e. The second kappa shape index (κ2) is 12.1. The number of sulfonamides is 1. The molecular weight excluding hydrogens is 482 g/mol. The van der Waals surface area contributed by atoms with Gasteiger partial charge in [-0.15, -0.1) is 0 Å². The number of ether oxygens (including phenoxy) is 1. The van der Waals surface area contributed by atoms with E-state index in [9.17, 15) is 13.2 Å². The van der Waals surface area contributed by atoms with E-state index in [1.807, 2.05) is 62.4 Å². The summed E-state index contributed by atoms with van der Waals surface area (Å²) in [7, 11) is -2.32. The van der Waals surface area contributed by atoms with Gasteiger partial charge in [-0.3, -0.25) is 0 Å². The molecule has 1 aliphatic carbocycles. The Morgan fingerprint density at radius 3 is 2.30 bits per heavy atom. The Labute approximate surface area is 221 Å². The molecule has 0 amide bonds. The average Bonchev–Trinajstić information content (AvgIpc) is 2.91. The van der Waals surface area contributed by atoms with Crippen LogP contribution in [0.1, 0.15) is 65.6 Å². The zero-order valence-corrected chi connectivity index (χ0v) is 22.9. The number of carbonyl (C=O) groups is 1. The first-order chi connectivity index (χ1) is 17.8. The van der Waals surface area contributed by atoms with Gasteiger partial charge in [0, 0.05) is 13.1 Å². The van der Waals surface area contributed by atoms with Crippen molar-refractivity contribution in [3.05, 3.63) is 89.0 Å². The highest BCUT2D eigenvalue weighted by Gasteiger charge is 2.27. The minimum Gasteiger partial charge on any atom is -0.465 e. The van der Waals surface area contributed by atoms with Crippen molar-refractivity contribution in [2.45, 2.75) is 63.8 Å². The van der Waals surface area contributed by atoms with Crippen LogP contribution in [-0.2, 0) is 21.3 Å². The fourth-order valence-corrected chi connectivity index (χ4v) is 6.67. The molecule has 0 unspecified atom stereocenters. The first-order valence-electron chi connectivity index (χ1n) is 13.1. The summed E-state index contributed by atoms with van der Waals surface area (Å²) >= 11 is 0. The number of benzene rings is 3. The zero-order valence-electron chi connectivity index (χ0n) is 22.1. The molecule has 1 aliphatic rings. The third kappa shape index (κ3) is 6.49. The van der Waals surface area contributed by atoms with E-state index in [0.29, 0.717) is 22.9 Å². The molecule has 196 valence electrons. The summed E-state index contributed by atoms with van der Waals surface area (Å²) in [6.45, 7) is 4.66. The van der Waals surface area contributed by atoms with Crippen molar-refractivity contribution >= 4 is 16.0 Å². The molecule has 0 bridgehead atoms. The van der Waals surface area contributed by atoms with Gasteiger partial charge in [-0.05, 0) is 72.7 Å². The van der Waals surface area contributed by atoms with Crippen LogP contribution < -0.4 is 0 Å². The van der Waals surface area contributed by atoms with Gasteiger partial charge in [0.1, 0.15) is 0 Å². The third-order valence-corrected chi connectivity index (χ3v) is 9.31. The molecule has 3 aromatic rings. The molecule has 0 radical (unpaired) electrons. The summed E-state index contributed by atoms with van der Waals surface area (Å²) < 4.78 is 34.3. The van der Waals surface area contributed by atoms with Gasteiger partial charge in [-0.25, -0.2) is 13.2 Å². The van der Waals surface area contributed by atoms with Crippen LogP contribution in [-0.4, -0.2) is 32.3 Å². The highest BCUT2D eigenvalue weighted by molar-refractivity contribution is 7.89. The summed E-state index contributed by atoms with van der Waals surface area (Å²) in [6.07, 6.45) is 6.92. The van der Waals surface area contributed by atoms with Gasteiger partial charge in [-0.2, -0.15) is 4.31 Å². The second-order valence-corrected chi connectivity index (χ2v) is 12.1. The van der Waals surface area contributed by atoms with E-state index in [1.54, 1.807) is 22.5 Å². The van der Waals surface area contributed by atoms with Crippen LogP contribution in [0.25, 0.3) is 11.1 Å². The van der Waals surface area contributed by atoms with E-state index in [2.05, 4.69) is 0 Å². The molecule has 0 heterocycles. The number of nitrogens with zero attached hydrogens (tertiary/aromatic N) is 1. The van der Waals surface area contributed by atoms with Crippen LogP contribution in [0.2, 0.25) is 0 Å². The fraction of sp³-hybridized carbons (Fsp3) is 0.387. The molecule has 0 aliphatic heterocycles. The molecule has 1 saturated carbocycles. The van der Waals surface area contributed by atoms with Crippen LogP contribution in [0.15, 0.2) is 71.6 Å². The maximum absolute atomic E-state index is 13.8. The zero-order chi connectivity index (χ0) is 26.4. The molecule has 3 aromatic carbocycles. The molecule has 0 atom stereocenters. The maximum atomic E-state index is 13.8. The van der Waals surface area contributed by atoms with Crippen molar-refractivity contribution in [1.29, 1.82) is 0 Å². The van der Waals surface area contributed by atoms with Crippen molar-refractivity contribution < 1.29 is 17.9 Å². The van der Waals surface area contributed by atoms with Gasteiger partial charge in [0.15, 0.2) is 0 Å². The van der Waals surface area contributed by atoms with Crippen molar-refractivity contribution in [2.75, 3.05) is 13.7 Å². The summed E-state index contributed by atoms with van der Waals surface area (Å²) in [5.41, 5.74) is 5.04. The summed E-state index contributed by atoms with van der Waals surface area (Å²) in [5.74, 6) is 0.153. The Bertz CT molecular complexity index is 1330. The number of rotatable bonds is 9. The molecule has 5 nitrogen and oxygen atoms in total. The molecule has 0 N–H and O–H groups in total. The number of esters is 1. The van der Waals surface area contributed by atoms with Crippen LogP contribution in [0.3, 0.4) is 0 Å². The molecule has 1 fully saturated rings. The van der Waals surface area contributed by atoms with Crippen LogP contribution in [0.4, 0.5) is 0 Å². The Morgan fingerprint density at radius 1 is 0.919 bits per heavy atom. The molecule has 0 saturated heterocycles. The minimum atomic E-state index is -3.69. The lowest BCUT2D eigenvalue weighted by atomic mass is 9.87. The van der Waals surface area contributed by atoms with E-state index in [-0.39, 0.29) is 6.54 Å². The quantitative estimate of drug-likeness (QED) is 0.288. The molecular formula is C31H37NO4S. The molecule has 6 heteroatoms. The van der Waals surface area contributed by atoms with Crippen LogP contribution in [0, 0.1) is 19.8 Å². The monoisotopic (exact) mass is 519 g/mol. The van der Waals surface area contributed by atoms with E-state index >= 15 is 0 Å². The van der Waals surface area contributed by atoms with Crippen molar-refractivity contribution in [3.8, 4) is 11.1 Å². The highest BCUT2D eigenvalue weighted by atomic mass is 32.2. The lowest BCUT2D eigenvalue weighted by molar-refractivity contribution is 0.0601. The van der Waals surface area contributed by atoms with Gasteiger partial charge in [0.05, 0.1) is 17.6 Å². The molecule has 0 aromatic heterocycles. The van der Waals surface area contributed by atoms with Gasteiger partial charge >= 0.3 is 5.97 Å². The summed E-state index contributed by atoms with van der Waals surface area (Å²) in [5, 5.41) is 0. The number of hydrogen-bond donors (Lipinski definition) is 0. The lowest BCUT2D eigenvalue weighted by Gasteiger charge is -2.27. The van der Waals surface area contributed by atoms with Gasteiger partial charge in [-0.1, -0.05) is 80.1 Å². The second-order valence-electron chi connectivity index (χ2n) is 10.1. The van der Waals surface area contributed by atoms with Gasteiger partial charge in [0.25, 0.3) is 0 Å². The Morgan fingerprint density at radius 2 is 1.62 bits per heavy atom. The highest BCUT2D eigenvalue weighted by Crippen LogP contribution is 2.31. The van der Waals surface area contributed by atoms with Gasteiger partial charge < -0.3 is 4.74 Å².